The highest BCUT2D eigenvalue weighted by Crippen LogP contribution is 2.42. The zero-order valence-corrected chi connectivity index (χ0v) is 29.1. The number of fused-ring (bicyclic) bond motifs is 2. The number of aliphatic hydroxyl groups is 2. The summed E-state index contributed by atoms with van der Waals surface area (Å²) in [5.74, 6) is 0. The second kappa shape index (κ2) is 14.8. The topological polar surface area (TPSA) is 130 Å². The Hall–Kier alpha value is -4.12. The van der Waals surface area contributed by atoms with E-state index in [0.29, 0.717) is 0 Å². The Morgan fingerprint density at radius 1 is 0.633 bits per heavy atom. The lowest BCUT2D eigenvalue weighted by molar-refractivity contribution is -0.385. The van der Waals surface area contributed by atoms with Gasteiger partial charge in [0.15, 0.2) is 0 Å². The molecule has 2 saturated carbocycles. The van der Waals surface area contributed by atoms with Gasteiger partial charge < -0.3 is 15.1 Å². The number of alkyl halides is 1. The summed E-state index contributed by atoms with van der Waals surface area (Å²) >= 11 is 3.40. The highest BCUT2D eigenvalue weighted by Gasteiger charge is 2.36. The molecule has 4 aromatic carbocycles. The van der Waals surface area contributed by atoms with Crippen molar-refractivity contribution in [2.45, 2.75) is 87.3 Å². The van der Waals surface area contributed by atoms with Gasteiger partial charge in [-0.3, -0.25) is 20.2 Å². The van der Waals surface area contributed by atoms with Gasteiger partial charge in [-0.05, 0) is 109 Å². The molecule has 4 aliphatic rings. The molecule has 9 nitrogen and oxygen atoms in total. The van der Waals surface area contributed by atoms with Gasteiger partial charge in [-0.15, -0.1) is 0 Å². The zero-order valence-electron chi connectivity index (χ0n) is 27.5. The molecular formula is C39H42BrN3O6. The molecule has 4 aromatic rings. The monoisotopic (exact) mass is 727 g/mol. The first-order valence-electron chi connectivity index (χ1n) is 17.0. The van der Waals surface area contributed by atoms with Gasteiger partial charge in [-0.25, -0.2) is 0 Å². The molecule has 1 heterocycles. The number of benzene rings is 4. The average molecular weight is 729 g/mol. The van der Waals surface area contributed by atoms with Gasteiger partial charge in [0.05, 0.1) is 21.0 Å². The van der Waals surface area contributed by atoms with Gasteiger partial charge in [0.1, 0.15) is 0 Å². The highest BCUT2D eigenvalue weighted by atomic mass is 79.9. The predicted molar refractivity (Wildman–Crippen MR) is 194 cm³/mol. The molecule has 49 heavy (non-hydrogen) atoms. The first-order chi connectivity index (χ1) is 23.6. The molecule has 10 heteroatoms. The minimum Gasteiger partial charge on any atom is -0.385 e. The van der Waals surface area contributed by atoms with Crippen LogP contribution in [-0.2, 0) is 42.3 Å². The summed E-state index contributed by atoms with van der Waals surface area (Å²) in [6.07, 6.45) is 9.83. The van der Waals surface area contributed by atoms with Crippen molar-refractivity contribution in [3.05, 3.63) is 144 Å². The van der Waals surface area contributed by atoms with E-state index >= 15 is 0 Å². The fourth-order valence-electron chi connectivity index (χ4n) is 7.05. The number of hydrogen-bond donors (Lipinski definition) is 2. The van der Waals surface area contributed by atoms with E-state index in [4.69, 9.17) is 0 Å². The zero-order chi connectivity index (χ0) is 34.6. The second-order valence-electron chi connectivity index (χ2n) is 13.6. The molecule has 0 radical (unpaired) electrons. The maximum Gasteiger partial charge on any atom is 0.269 e. The van der Waals surface area contributed by atoms with Crippen LogP contribution in [0.2, 0.25) is 0 Å². The van der Waals surface area contributed by atoms with E-state index in [0.717, 1.165) is 111 Å². The first-order valence-corrected chi connectivity index (χ1v) is 18.2. The van der Waals surface area contributed by atoms with Gasteiger partial charge in [0.2, 0.25) is 0 Å². The van der Waals surface area contributed by atoms with Crippen LogP contribution in [-0.4, -0.2) is 26.6 Å². The lowest BCUT2D eigenvalue weighted by Gasteiger charge is -2.37. The first kappa shape index (κ1) is 34.7. The largest absolute Gasteiger partial charge is 0.385 e. The van der Waals surface area contributed by atoms with Gasteiger partial charge in [-0.2, -0.15) is 0 Å². The van der Waals surface area contributed by atoms with Gasteiger partial charge >= 0.3 is 0 Å². The Labute approximate surface area is 295 Å². The molecule has 0 aromatic heterocycles. The number of rotatable bonds is 7. The Kier molecular flexibility index (Phi) is 10.5. The fraction of sp³-hybridized carbons (Fsp3) is 0.385. The standard InChI is InChI=1S/C19H20N2O3.C11H13BrO.C9H9NO2/c22-19(9-1-10-19)16-4-2-14(3-5-16)13-20-11-8-15-12-17(21(23)24)6-7-18(15)20;12-8-9-2-4-10(5-3-9)11(13)6-1-7-11;11-10(12)9-5-4-7-2-1-3-8(7)6-9/h2-7,12,22H,1,8-11,13H2;2-5,13H,1,6-8H2;4-6H,1-3H2. The lowest BCUT2D eigenvalue weighted by atomic mass is 9.75. The van der Waals surface area contributed by atoms with Crippen molar-refractivity contribution < 1.29 is 20.1 Å². The van der Waals surface area contributed by atoms with E-state index in [9.17, 15) is 30.4 Å². The Bertz CT molecular complexity index is 1800. The molecular weight excluding hydrogens is 686 g/mol. The Balaban J connectivity index is 0.000000140. The van der Waals surface area contributed by atoms with E-state index in [1.165, 1.54) is 16.7 Å². The summed E-state index contributed by atoms with van der Waals surface area (Å²) in [5.41, 5.74) is 8.35. The van der Waals surface area contributed by atoms with Crippen molar-refractivity contribution in [2.75, 3.05) is 11.4 Å². The van der Waals surface area contributed by atoms with Crippen LogP contribution >= 0.6 is 15.9 Å². The molecule has 0 unspecified atom stereocenters. The number of halogens is 1. The van der Waals surface area contributed by atoms with E-state index < -0.39 is 11.2 Å². The molecule has 256 valence electrons. The van der Waals surface area contributed by atoms with Crippen molar-refractivity contribution in [3.8, 4) is 0 Å². The molecule has 1 aliphatic heterocycles. The number of nitrogens with zero attached hydrogens (tertiary/aromatic N) is 3. The van der Waals surface area contributed by atoms with Crippen LogP contribution in [0.15, 0.2) is 84.9 Å². The van der Waals surface area contributed by atoms with Crippen LogP contribution < -0.4 is 4.90 Å². The van der Waals surface area contributed by atoms with Crippen LogP contribution in [0.5, 0.6) is 0 Å². The normalized spacial score (nSPS) is 17.6. The van der Waals surface area contributed by atoms with Gasteiger partial charge in [0.25, 0.3) is 11.4 Å². The number of hydrogen-bond acceptors (Lipinski definition) is 7. The van der Waals surface area contributed by atoms with E-state index in [1.807, 2.05) is 36.4 Å². The minimum atomic E-state index is -0.613. The number of nitro benzene ring substituents is 2. The smallest absolute Gasteiger partial charge is 0.269 e. The quantitative estimate of drug-likeness (QED) is 0.111. The Morgan fingerprint density at radius 3 is 1.65 bits per heavy atom. The van der Waals surface area contributed by atoms with Crippen LogP contribution in [0.3, 0.4) is 0 Å². The molecule has 0 atom stereocenters. The molecule has 8 rings (SSSR count). The van der Waals surface area contributed by atoms with Crippen molar-refractivity contribution in [1.82, 2.24) is 0 Å². The lowest BCUT2D eigenvalue weighted by Crippen LogP contribution is -2.33. The number of aryl methyl sites for hydroxylation is 2. The molecule has 0 saturated heterocycles. The summed E-state index contributed by atoms with van der Waals surface area (Å²) in [6, 6.07) is 26.7. The van der Waals surface area contributed by atoms with Gasteiger partial charge in [0, 0.05) is 48.4 Å². The van der Waals surface area contributed by atoms with Gasteiger partial charge in [-0.1, -0.05) is 70.5 Å². The van der Waals surface area contributed by atoms with E-state index in [-0.39, 0.29) is 21.2 Å². The summed E-state index contributed by atoms with van der Waals surface area (Å²) in [7, 11) is 0. The third-order valence-corrected chi connectivity index (χ3v) is 11.1. The molecule has 0 bridgehead atoms. The van der Waals surface area contributed by atoms with Crippen LogP contribution in [0.1, 0.15) is 83.9 Å². The molecule has 2 fully saturated rings. The summed E-state index contributed by atoms with van der Waals surface area (Å²) in [4.78, 5) is 22.9. The fourth-order valence-corrected chi connectivity index (χ4v) is 7.43. The van der Waals surface area contributed by atoms with Crippen LogP contribution in [0, 0.1) is 20.2 Å². The number of anilines is 1. The van der Waals surface area contributed by atoms with Crippen molar-refractivity contribution in [1.29, 1.82) is 0 Å². The third-order valence-electron chi connectivity index (χ3n) is 10.4. The predicted octanol–water partition coefficient (Wildman–Crippen LogP) is 8.57. The van der Waals surface area contributed by atoms with Crippen molar-refractivity contribution in [2.24, 2.45) is 0 Å². The maximum atomic E-state index is 10.9. The van der Waals surface area contributed by atoms with Crippen LogP contribution in [0.25, 0.3) is 0 Å². The second-order valence-corrected chi connectivity index (χ2v) is 14.2. The number of nitro groups is 2. The summed E-state index contributed by atoms with van der Waals surface area (Å²) in [6.45, 7) is 1.66. The van der Waals surface area contributed by atoms with Crippen molar-refractivity contribution in [3.63, 3.8) is 0 Å². The Morgan fingerprint density at radius 2 is 1.14 bits per heavy atom. The van der Waals surface area contributed by atoms with E-state index in [2.05, 4.69) is 45.1 Å². The molecule has 2 N–H and O–H groups in total. The minimum absolute atomic E-state index is 0.161. The number of non-ortho nitro benzene ring substituents is 2. The summed E-state index contributed by atoms with van der Waals surface area (Å²) in [5, 5.41) is 42.6. The summed E-state index contributed by atoms with van der Waals surface area (Å²) < 4.78 is 0. The van der Waals surface area contributed by atoms with E-state index in [1.54, 1.807) is 24.3 Å². The maximum absolute atomic E-state index is 10.9. The molecule has 0 spiro atoms. The average Bonchev–Trinajstić information content (AvgIpc) is 3.73. The SMILES string of the molecule is O=[N+]([O-])c1ccc2c(c1)CCC2.O=[N+]([O-])c1ccc2c(c1)CCN2Cc1ccc(C2(O)CCC2)cc1.OC1(c2ccc(CBr)cc2)CCC1. The third kappa shape index (κ3) is 7.87. The van der Waals surface area contributed by atoms with Crippen LogP contribution in [0.4, 0.5) is 17.1 Å². The van der Waals surface area contributed by atoms with Crippen molar-refractivity contribution >= 4 is 33.0 Å². The molecule has 0 amide bonds. The highest BCUT2D eigenvalue weighted by molar-refractivity contribution is 9.08. The molecule has 3 aliphatic carbocycles.